The van der Waals surface area contributed by atoms with Gasteiger partial charge in [-0.15, -0.1) is 0 Å². The maximum absolute atomic E-state index is 10.4. The van der Waals surface area contributed by atoms with Crippen LogP contribution < -0.4 is 14.2 Å². The second kappa shape index (κ2) is 10.7. The number of hydrogen-bond donors (Lipinski definition) is 1. The minimum Gasteiger partial charge on any atom is -0.493 e. The van der Waals surface area contributed by atoms with Crippen LogP contribution in [0, 0.1) is 0 Å². The molecule has 0 radical (unpaired) electrons. The molecule has 6 nitrogen and oxygen atoms in total. The molecular weight excluding hydrogens is 392 g/mol. The van der Waals surface area contributed by atoms with Crippen LogP contribution >= 0.6 is 11.6 Å². The lowest BCUT2D eigenvalue weighted by Crippen LogP contribution is -2.48. The van der Waals surface area contributed by atoms with Crippen molar-refractivity contribution in [1.29, 1.82) is 0 Å². The van der Waals surface area contributed by atoms with Crippen molar-refractivity contribution in [1.82, 2.24) is 9.80 Å². The van der Waals surface area contributed by atoms with Crippen LogP contribution in [0.4, 0.5) is 0 Å². The van der Waals surface area contributed by atoms with E-state index in [4.69, 9.17) is 25.8 Å². The number of nitrogens with zero attached hydrogens (tertiary/aromatic N) is 2. The lowest BCUT2D eigenvalue weighted by Gasteiger charge is -2.35. The molecule has 1 heterocycles. The molecule has 0 unspecified atom stereocenters. The van der Waals surface area contributed by atoms with Crippen molar-refractivity contribution in [2.24, 2.45) is 0 Å². The van der Waals surface area contributed by atoms with E-state index in [2.05, 4.69) is 21.9 Å². The summed E-state index contributed by atoms with van der Waals surface area (Å²) in [6.07, 6.45) is -0.590. The van der Waals surface area contributed by atoms with Gasteiger partial charge in [-0.05, 0) is 29.8 Å². The van der Waals surface area contributed by atoms with Gasteiger partial charge in [0.25, 0.3) is 0 Å². The fourth-order valence-electron chi connectivity index (χ4n) is 3.47. The van der Waals surface area contributed by atoms with Gasteiger partial charge in [-0.2, -0.15) is 0 Å². The van der Waals surface area contributed by atoms with Gasteiger partial charge in [-0.1, -0.05) is 29.8 Å². The number of ether oxygens (including phenoxy) is 3. The van der Waals surface area contributed by atoms with Gasteiger partial charge in [0, 0.05) is 44.3 Å². The molecule has 158 valence electrons. The molecule has 1 fully saturated rings. The Hall–Kier alpha value is -1.99. The third-order valence-corrected chi connectivity index (χ3v) is 5.31. The lowest BCUT2D eigenvalue weighted by molar-refractivity contribution is 0.0434. The smallest absolute Gasteiger partial charge is 0.203 e. The van der Waals surface area contributed by atoms with Crippen LogP contribution in [-0.4, -0.2) is 74.6 Å². The van der Waals surface area contributed by atoms with E-state index in [0.717, 1.165) is 37.7 Å². The molecule has 0 amide bonds. The molecule has 1 aliphatic heterocycles. The molecule has 0 aromatic heterocycles. The van der Waals surface area contributed by atoms with Crippen LogP contribution in [0.25, 0.3) is 0 Å². The molecule has 2 aromatic carbocycles. The second-order valence-corrected chi connectivity index (χ2v) is 7.60. The zero-order valence-electron chi connectivity index (χ0n) is 17.0. The maximum Gasteiger partial charge on any atom is 0.203 e. The number of para-hydroxylation sites is 1. The van der Waals surface area contributed by atoms with Gasteiger partial charge in [-0.3, -0.25) is 9.80 Å². The zero-order chi connectivity index (χ0) is 20.6. The SMILES string of the molecule is COc1cccc(OC)c1OC[C@@H](O)CN1CCN(Cc2ccc(Cl)cc2)CC1. The standard InChI is InChI=1S/C22H29ClN2O4/c1-27-20-4-3-5-21(28-2)22(20)29-16-19(26)15-25-12-10-24(11-13-25)14-17-6-8-18(23)9-7-17/h3-9,19,26H,10-16H2,1-2H3/t19-/m0/s1. The number of halogens is 1. The van der Waals surface area contributed by atoms with Crippen LogP contribution in [0.5, 0.6) is 17.2 Å². The monoisotopic (exact) mass is 420 g/mol. The summed E-state index contributed by atoms with van der Waals surface area (Å²) in [4.78, 5) is 4.69. The minimum atomic E-state index is -0.590. The predicted octanol–water partition coefficient (Wildman–Crippen LogP) is 2.91. The van der Waals surface area contributed by atoms with Crippen molar-refractivity contribution in [2.75, 3.05) is 53.6 Å². The van der Waals surface area contributed by atoms with Gasteiger partial charge < -0.3 is 19.3 Å². The van der Waals surface area contributed by atoms with E-state index in [1.165, 1.54) is 5.56 Å². The summed E-state index contributed by atoms with van der Waals surface area (Å²) in [7, 11) is 3.17. The first-order valence-corrected chi connectivity index (χ1v) is 10.2. The summed E-state index contributed by atoms with van der Waals surface area (Å²) in [5.74, 6) is 1.70. The van der Waals surface area contributed by atoms with Crippen LogP contribution in [-0.2, 0) is 6.54 Å². The van der Waals surface area contributed by atoms with E-state index in [9.17, 15) is 5.11 Å². The molecule has 0 bridgehead atoms. The third kappa shape index (κ3) is 6.24. The van der Waals surface area contributed by atoms with E-state index in [1.807, 2.05) is 30.3 Å². The highest BCUT2D eigenvalue weighted by atomic mass is 35.5. The Morgan fingerprint density at radius 3 is 2.10 bits per heavy atom. The summed E-state index contributed by atoms with van der Waals surface area (Å²) in [5, 5.41) is 11.2. The van der Waals surface area contributed by atoms with E-state index in [0.29, 0.717) is 23.8 Å². The van der Waals surface area contributed by atoms with Crippen molar-refractivity contribution in [2.45, 2.75) is 12.6 Å². The van der Waals surface area contributed by atoms with E-state index >= 15 is 0 Å². The number of methoxy groups -OCH3 is 2. The molecule has 0 saturated carbocycles. The minimum absolute atomic E-state index is 0.182. The molecule has 1 aliphatic rings. The molecule has 7 heteroatoms. The molecular formula is C22H29ClN2O4. The van der Waals surface area contributed by atoms with E-state index in [-0.39, 0.29) is 6.61 Å². The molecule has 0 aliphatic carbocycles. The number of benzene rings is 2. The maximum atomic E-state index is 10.4. The highest BCUT2D eigenvalue weighted by Gasteiger charge is 2.20. The largest absolute Gasteiger partial charge is 0.493 e. The summed E-state index contributed by atoms with van der Waals surface area (Å²) in [6, 6.07) is 13.5. The first-order valence-electron chi connectivity index (χ1n) is 9.80. The fraction of sp³-hybridized carbons (Fsp3) is 0.455. The second-order valence-electron chi connectivity index (χ2n) is 7.16. The first kappa shape index (κ1) is 21.7. The zero-order valence-corrected chi connectivity index (χ0v) is 17.8. The van der Waals surface area contributed by atoms with Crippen molar-refractivity contribution < 1.29 is 19.3 Å². The number of hydrogen-bond acceptors (Lipinski definition) is 6. The number of aliphatic hydroxyl groups is 1. The summed E-state index contributed by atoms with van der Waals surface area (Å²) in [6.45, 7) is 5.45. The Labute approximate surface area is 177 Å². The van der Waals surface area contributed by atoms with E-state index < -0.39 is 6.10 Å². The Balaban J connectivity index is 1.43. The number of piperazine rings is 1. The quantitative estimate of drug-likeness (QED) is 0.673. The van der Waals surface area contributed by atoms with Gasteiger partial charge in [0.05, 0.1) is 14.2 Å². The van der Waals surface area contributed by atoms with Crippen LogP contribution in [0.1, 0.15) is 5.56 Å². The molecule has 1 saturated heterocycles. The summed E-state index contributed by atoms with van der Waals surface area (Å²) >= 11 is 5.95. The molecule has 2 aromatic rings. The van der Waals surface area contributed by atoms with Crippen LogP contribution in [0.2, 0.25) is 5.02 Å². The van der Waals surface area contributed by atoms with Gasteiger partial charge in [0.2, 0.25) is 5.75 Å². The lowest BCUT2D eigenvalue weighted by atomic mass is 10.2. The molecule has 1 atom stereocenters. The molecule has 0 spiro atoms. The van der Waals surface area contributed by atoms with Gasteiger partial charge in [0.15, 0.2) is 11.5 Å². The van der Waals surface area contributed by atoms with E-state index in [1.54, 1.807) is 14.2 Å². The topological polar surface area (TPSA) is 54.4 Å². The highest BCUT2D eigenvalue weighted by Crippen LogP contribution is 2.36. The first-order chi connectivity index (χ1) is 14.1. The number of rotatable bonds is 9. The highest BCUT2D eigenvalue weighted by molar-refractivity contribution is 6.30. The average molecular weight is 421 g/mol. The van der Waals surface area contributed by atoms with Crippen molar-refractivity contribution in [3.05, 3.63) is 53.1 Å². The molecule has 1 N–H and O–H groups in total. The van der Waals surface area contributed by atoms with Gasteiger partial charge >= 0.3 is 0 Å². The Morgan fingerprint density at radius 1 is 0.931 bits per heavy atom. The Morgan fingerprint density at radius 2 is 1.52 bits per heavy atom. The van der Waals surface area contributed by atoms with Crippen LogP contribution in [0.15, 0.2) is 42.5 Å². The van der Waals surface area contributed by atoms with Crippen molar-refractivity contribution in [3.63, 3.8) is 0 Å². The molecule has 29 heavy (non-hydrogen) atoms. The average Bonchev–Trinajstić information content (AvgIpc) is 2.75. The Kier molecular flexibility index (Phi) is 8.00. The molecule has 3 rings (SSSR count). The fourth-order valence-corrected chi connectivity index (χ4v) is 3.59. The van der Waals surface area contributed by atoms with Crippen LogP contribution in [0.3, 0.4) is 0 Å². The summed E-state index contributed by atoms with van der Waals surface area (Å²) in [5.41, 5.74) is 1.27. The van der Waals surface area contributed by atoms with Crippen molar-refractivity contribution in [3.8, 4) is 17.2 Å². The normalized spacial score (nSPS) is 16.4. The van der Waals surface area contributed by atoms with Crippen molar-refractivity contribution >= 4 is 11.6 Å². The van der Waals surface area contributed by atoms with Gasteiger partial charge in [-0.25, -0.2) is 0 Å². The van der Waals surface area contributed by atoms with Gasteiger partial charge in [0.1, 0.15) is 12.7 Å². The number of β-amino-alcohol motifs (C(OH)–C–C–N with tert-alkyl or cyclic N) is 1. The Bertz CT molecular complexity index is 742. The number of aliphatic hydroxyl groups excluding tert-OH is 1. The summed E-state index contributed by atoms with van der Waals surface area (Å²) < 4.78 is 16.5. The predicted molar refractivity (Wildman–Crippen MR) is 114 cm³/mol. The third-order valence-electron chi connectivity index (χ3n) is 5.06.